The van der Waals surface area contributed by atoms with Crippen LogP contribution in [-0.4, -0.2) is 110 Å². The van der Waals surface area contributed by atoms with E-state index in [1.807, 2.05) is 38.1 Å². The van der Waals surface area contributed by atoms with Gasteiger partial charge in [-0.25, -0.2) is 4.79 Å². The van der Waals surface area contributed by atoms with Crippen LogP contribution >= 0.6 is 0 Å². The monoisotopic (exact) mass is 559 g/mol. The zero-order valence-corrected chi connectivity index (χ0v) is 24.2. The van der Waals surface area contributed by atoms with Crippen LogP contribution in [0.5, 0.6) is 0 Å². The molecule has 0 atom stereocenters. The zero-order valence-electron chi connectivity index (χ0n) is 24.2. The predicted octanol–water partition coefficient (Wildman–Crippen LogP) is 4.38. The van der Waals surface area contributed by atoms with Gasteiger partial charge in [-0.2, -0.15) is 0 Å². The summed E-state index contributed by atoms with van der Waals surface area (Å²) in [7, 11) is 1.72. The number of rotatable bonds is 21. The van der Waals surface area contributed by atoms with Crippen LogP contribution in [0.1, 0.15) is 30.9 Å². The number of fused-ring (bicyclic) bond motifs is 3. The van der Waals surface area contributed by atoms with Crippen LogP contribution in [0, 0.1) is 0 Å². The molecular formula is C31H45NO8. The number of benzene rings is 2. The molecule has 3 rings (SSSR count). The number of likely N-dealkylation sites (N-methyl/N-ethyl adjacent to an activating group) is 1. The molecule has 0 aliphatic heterocycles. The number of hydrogen-bond donors (Lipinski definition) is 0. The van der Waals surface area contributed by atoms with Gasteiger partial charge in [0.1, 0.15) is 6.61 Å². The third kappa shape index (κ3) is 11.2. The smallest absolute Gasteiger partial charge is 0.409 e. The van der Waals surface area contributed by atoms with Crippen LogP contribution in [0.4, 0.5) is 4.79 Å². The lowest BCUT2D eigenvalue weighted by atomic mass is 9.98. The lowest BCUT2D eigenvalue weighted by Crippen LogP contribution is -2.32. The second-order valence-electron chi connectivity index (χ2n) is 9.71. The van der Waals surface area contributed by atoms with Crippen molar-refractivity contribution in [1.82, 2.24) is 4.90 Å². The van der Waals surface area contributed by atoms with E-state index in [2.05, 4.69) is 24.3 Å². The molecule has 2 aromatic carbocycles. The molecular weight excluding hydrogens is 514 g/mol. The molecule has 0 saturated heterocycles. The quantitative estimate of drug-likeness (QED) is 0.209. The molecule has 40 heavy (non-hydrogen) atoms. The van der Waals surface area contributed by atoms with Crippen molar-refractivity contribution in [3.8, 4) is 11.1 Å². The third-order valence-electron chi connectivity index (χ3n) is 6.39. The van der Waals surface area contributed by atoms with E-state index in [1.165, 1.54) is 27.2 Å². The highest BCUT2D eigenvalue weighted by molar-refractivity contribution is 5.79. The lowest BCUT2D eigenvalue weighted by molar-refractivity contribution is -0.0216. The van der Waals surface area contributed by atoms with E-state index in [1.54, 1.807) is 7.05 Å². The van der Waals surface area contributed by atoms with Gasteiger partial charge in [-0.3, -0.25) is 0 Å². The van der Waals surface area contributed by atoms with Crippen molar-refractivity contribution in [2.45, 2.75) is 25.9 Å². The van der Waals surface area contributed by atoms with Crippen molar-refractivity contribution in [3.05, 3.63) is 59.7 Å². The second-order valence-corrected chi connectivity index (χ2v) is 9.71. The molecule has 0 saturated carbocycles. The number of nitrogens with zero attached hydrogens (tertiary/aromatic N) is 1. The molecule has 0 unspecified atom stereocenters. The molecule has 0 fully saturated rings. The molecule has 1 amide bonds. The molecule has 0 N–H and O–H groups in total. The largest absolute Gasteiger partial charge is 0.448 e. The average molecular weight is 560 g/mol. The maximum Gasteiger partial charge on any atom is 0.409 e. The first-order valence-electron chi connectivity index (χ1n) is 14.1. The Kier molecular flexibility index (Phi) is 15.0. The van der Waals surface area contributed by atoms with E-state index >= 15 is 0 Å². The summed E-state index contributed by atoms with van der Waals surface area (Å²) in [5.41, 5.74) is 4.82. The summed E-state index contributed by atoms with van der Waals surface area (Å²) in [6.45, 7) is 10.4. The Bertz CT molecular complexity index is 940. The lowest BCUT2D eigenvalue weighted by Gasteiger charge is -2.19. The number of amides is 1. The Morgan fingerprint density at radius 2 is 1.10 bits per heavy atom. The number of hydrogen-bond acceptors (Lipinski definition) is 8. The molecule has 9 heteroatoms. The summed E-state index contributed by atoms with van der Waals surface area (Å²) in [6, 6.07) is 16.6. The van der Waals surface area contributed by atoms with Gasteiger partial charge in [-0.1, -0.05) is 48.5 Å². The number of ether oxygens (including phenoxy) is 7. The summed E-state index contributed by atoms with van der Waals surface area (Å²) in [5.74, 6) is 0.0504. The molecule has 9 nitrogen and oxygen atoms in total. The summed E-state index contributed by atoms with van der Waals surface area (Å²) >= 11 is 0. The third-order valence-corrected chi connectivity index (χ3v) is 6.39. The van der Waals surface area contributed by atoms with E-state index in [0.29, 0.717) is 85.8 Å². The molecule has 0 radical (unpaired) electrons. The molecule has 222 valence electrons. The number of carbonyl (C=O) groups is 1. The standard InChI is InChI=1S/C31H45NO8/c1-25(2)39-23-22-38-21-20-37-19-18-36-17-16-35-15-14-34-13-12-32(3)31(33)40-24-30-28-10-6-4-8-26(28)27-9-5-7-11-29(27)30/h4-11,25,30H,12-24H2,1-3H3. The van der Waals surface area contributed by atoms with Crippen molar-refractivity contribution < 1.29 is 38.0 Å². The van der Waals surface area contributed by atoms with Gasteiger partial charge in [0.25, 0.3) is 0 Å². The van der Waals surface area contributed by atoms with Crippen molar-refractivity contribution in [2.24, 2.45) is 0 Å². The minimum atomic E-state index is -0.355. The normalized spacial score (nSPS) is 12.5. The highest BCUT2D eigenvalue weighted by atomic mass is 16.6. The van der Waals surface area contributed by atoms with Crippen LogP contribution in [0.15, 0.2) is 48.5 Å². The molecule has 0 bridgehead atoms. The first-order valence-corrected chi connectivity index (χ1v) is 14.1. The van der Waals surface area contributed by atoms with E-state index in [4.69, 9.17) is 33.2 Å². The fraction of sp³-hybridized carbons (Fsp3) is 0.581. The Balaban J connectivity index is 1.13. The van der Waals surface area contributed by atoms with Gasteiger partial charge in [-0.15, -0.1) is 0 Å². The minimum Gasteiger partial charge on any atom is -0.448 e. The fourth-order valence-electron chi connectivity index (χ4n) is 4.32. The van der Waals surface area contributed by atoms with Crippen LogP contribution < -0.4 is 0 Å². The Morgan fingerprint density at radius 1 is 0.675 bits per heavy atom. The fourth-order valence-corrected chi connectivity index (χ4v) is 4.32. The maximum atomic E-state index is 12.5. The van der Waals surface area contributed by atoms with Gasteiger partial charge in [0.15, 0.2) is 0 Å². The van der Waals surface area contributed by atoms with Crippen LogP contribution in [-0.2, 0) is 33.2 Å². The van der Waals surface area contributed by atoms with Gasteiger partial charge in [0.05, 0.1) is 78.8 Å². The van der Waals surface area contributed by atoms with Crippen LogP contribution in [0.25, 0.3) is 11.1 Å². The summed E-state index contributed by atoms with van der Waals surface area (Å²) < 4.78 is 38.5. The predicted molar refractivity (Wildman–Crippen MR) is 153 cm³/mol. The Morgan fingerprint density at radius 3 is 1.57 bits per heavy atom. The molecule has 0 spiro atoms. The van der Waals surface area contributed by atoms with E-state index in [0.717, 1.165) is 0 Å². The summed E-state index contributed by atoms with van der Waals surface area (Å²) in [6.07, 6.45) is -0.129. The SMILES string of the molecule is CC(C)OCCOCCOCCOCCOCCOCCN(C)C(=O)OCC1c2ccccc2-c2ccccc21. The van der Waals surface area contributed by atoms with Gasteiger partial charge in [0, 0.05) is 19.5 Å². The van der Waals surface area contributed by atoms with Crippen LogP contribution in [0.3, 0.4) is 0 Å². The number of carbonyl (C=O) groups excluding carboxylic acids is 1. The molecule has 0 heterocycles. The van der Waals surface area contributed by atoms with Crippen molar-refractivity contribution in [3.63, 3.8) is 0 Å². The van der Waals surface area contributed by atoms with E-state index in [9.17, 15) is 4.79 Å². The van der Waals surface area contributed by atoms with Gasteiger partial charge >= 0.3 is 6.09 Å². The van der Waals surface area contributed by atoms with Crippen molar-refractivity contribution in [2.75, 3.05) is 92.9 Å². The molecule has 1 aliphatic carbocycles. The summed E-state index contributed by atoms with van der Waals surface area (Å²) in [4.78, 5) is 14.1. The Hall–Kier alpha value is -2.53. The van der Waals surface area contributed by atoms with Crippen molar-refractivity contribution >= 4 is 6.09 Å². The van der Waals surface area contributed by atoms with Gasteiger partial charge < -0.3 is 38.1 Å². The molecule has 0 aromatic heterocycles. The van der Waals surface area contributed by atoms with Gasteiger partial charge in [-0.05, 0) is 36.1 Å². The molecule has 2 aromatic rings. The first-order chi connectivity index (χ1) is 19.6. The van der Waals surface area contributed by atoms with Crippen molar-refractivity contribution in [1.29, 1.82) is 0 Å². The summed E-state index contributed by atoms with van der Waals surface area (Å²) in [5, 5.41) is 0. The molecule has 1 aliphatic rings. The second kappa shape index (κ2) is 18.7. The highest BCUT2D eigenvalue weighted by Gasteiger charge is 2.29. The maximum absolute atomic E-state index is 12.5. The average Bonchev–Trinajstić information content (AvgIpc) is 3.28. The minimum absolute atomic E-state index is 0.0504. The highest BCUT2D eigenvalue weighted by Crippen LogP contribution is 2.44. The first kappa shape index (κ1) is 32.0. The Labute approximate surface area is 238 Å². The topological polar surface area (TPSA) is 84.9 Å². The zero-order chi connectivity index (χ0) is 28.4. The van der Waals surface area contributed by atoms with Gasteiger partial charge in [0.2, 0.25) is 0 Å². The van der Waals surface area contributed by atoms with E-state index in [-0.39, 0.29) is 18.1 Å². The van der Waals surface area contributed by atoms with E-state index < -0.39 is 0 Å². The van der Waals surface area contributed by atoms with Crippen LogP contribution in [0.2, 0.25) is 0 Å².